The number of piperazine rings is 1. The molecule has 0 aliphatic carbocycles. The van der Waals surface area contributed by atoms with E-state index in [0.29, 0.717) is 56.2 Å². The molecule has 1 aromatic carbocycles. The molecule has 0 spiro atoms. The molecule has 0 saturated carbocycles. The molecule has 2 aromatic heterocycles. The molecule has 1 amide bonds. The summed E-state index contributed by atoms with van der Waals surface area (Å²) in [6.07, 6.45) is 0.546. The van der Waals surface area contributed by atoms with E-state index in [4.69, 9.17) is 8.94 Å². The Morgan fingerprint density at radius 3 is 2.55 bits per heavy atom. The fourth-order valence-electron chi connectivity index (χ4n) is 3.65. The van der Waals surface area contributed by atoms with Crippen LogP contribution in [0.2, 0.25) is 0 Å². The second kappa shape index (κ2) is 8.21. The topological polar surface area (TPSA) is 62.7 Å². The van der Waals surface area contributed by atoms with Crippen LogP contribution in [-0.2, 0) is 13.0 Å². The van der Waals surface area contributed by atoms with Gasteiger partial charge in [-0.15, -0.1) is 0 Å². The van der Waals surface area contributed by atoms with Gasteiger partial charge in [-0.05, 0) is 32.0 Å². The Bertz CT molecular complexity index is 983. The summed E-state index contributed by atoms with van der Waals surface area (Å²) in [5.41, 5.74) is 2.50. The SMILES string of the molecule is Cc1noc(C)c1Cc1ccc(C(=O)N2CCN(Cc3ccccc3F)CC2)o1. The Hall–Kier alpha value is -2.93. The molecule has 0 radical (unpaired) electrons. The first-order valence-corrected chi connectivity index (χ1v) is 9.77. The normalized spacial score (nSPS) is 15.1. The third-order valence-electron chi connectivity index (χ3n) is 5.42. The molecule has 4 rings (SSSR count). The lowest BCUT2D eigenvalue weighted by Gasteiger charge is -2.34. The molecular weight excluding hydrogens is 373 g/mol. The standard InChI is InChI=1S/C22H24FN3O3/c1-15-19(16(2)29-24-15)13-18-7-8-21(28-18)22(27)26-11-9-25(10-12-26)14-17-5-3-4-6-20(17)23/h3-8H,9-14H2,1-2H3. The van der Waals surface area contributed by atoms with Crippen molar-refractivity contribution in [1.82, 2.24) is 15.0 Å². The maximum Gasteiger partial charge on any atom is 0.289 e. The van der Waals surface area contributed by atoms with Crippen LogP contribution in [0.3, 0.4) is 0 Å². The van der Waals surface area contributed by atoms with Crippen LogP contribution in [-0.4, -0.2) is 47.0 Å². The molecule has 3 aromatic rings. The highest BCUT2D eigenvalue weighted by molar-refractivity contribution is 5.91. The number of benzene rings is 1. The summed E-state index contributed by atoms with van der Waals surface area (Å²) in [5.74, 6) is 1.51. The Morgan fingerprint density at radius 2 is 1.86 bits per heavy atom. The van der Waals surface area contributed by atoms with Gasteiger partial charge in [-0.1, -0.05) is 23.4 Å². The van der Waals surface area contributed by atoms with Crippen LogP contribution in [0.25, 0.3) is 0 Å². The van der Waals surface area contributed by atoms with E-state index < -0.39 is 0 Å². The molecule has 152 valence electrons. The number of aromatic nitrogens is 1. The van der Waals surface area contributed by atoms with Crippen molar-refractivity contribution in [1.29, 1.82) is 0 Å². The molecule has 1 fully saturated rings. The van der Waals surface area contributed by atoms with Gasteiger partial charge in [0.15, 0.2) is 5.76 Å². The summed E-state index contributed by atoms with van der Waals surface area (Å²) in [6.45, 7) is 6.89. The molecule has 1 aliphatic heterocycles. The second-order valence-electron chi connectivity index (χ2n) is 7.41. The van der Waals surface area contributed by atoms with E-state index in [1.807, 2.05) is 26.0 Å². The van der Waals surface area contributed by atoms with Gasteiger partial charge in [0.05, 0.1) is 5.69 Å². The minimum Gasteiger partial charge on any atom is -0.456 e. The lowest BCUT2D eigenvalue weighted by Crippen LogP contribution is -2.48. The summed E-state index contributed by atoms with van der Waals surface area (Å²) in [6, 6.07) is 10.4. The van der Waals surface area contributed by atoms with E-state index in [1.54, 1.807) is 23.1 Å². The molecule has 29 heavy (non-hydrogen) atoms. The van der Waals surface area contributed by atoms with Crippen LogP contribution in [0, 0.1) is 19.7 Å². The third-order valence-corrected chi connectivity index (χ3v) is 5.42. The van der Waals surface area contributed by atoms with Crippen LogP contribution >= 0.6 is 0 Å². The smallest absolute Gasteiger partial charge is 0.289 e. The van der Waals surface area contributed by atoms with E-state index in [0.717, 1.165) is 17.0 Å². The summed E-state index contributed by atoms with van der Waals surface area (Å²) in [5, 5.41) is 3.95. The van der Waals surface area contributed by atoms with E-state index in [1.165, 1.54) is 6.07 Å². The highest BCUT2D eigenvalue weighted by Gasteiger charge is 2.25. The number of hydrogen-bond donors (Lipinski definition) is 0. The van der Waals surface area contributed by atoms with Gasteiger partial charge < -0.3 is 13.8 Å². The largest absolute Gasteiger partial charge is 0.456 e. The molecule has 1 aliphatic rings. The molecule has 0 atom stereocenters. The lowest BCUT2D eigenvalue weighted by atomic mass is 10.1. The Morgan fingerprint density at radius 1 is 1.10 bits per heavy atom. The predicted octanol–water partition coefficient (Wildman–Crippen LogP) is 3.57. The van der Waals surface area contributed by atoms with Crippen molar-refractivity contribution in [3.63, 3.8) is 0 Å². The van der Waals surface area contributed by atoms with Crippen molar-refractivity contribution >= 4 is 5.91 Å². The van der Waals surface area contributed by atoms with Gasteiger partial charge >= 0.3 is 0 Å². The first kappa shape index (κ1) is 19.4. The minimum absolute atomic E-state index is 0.111. The maximum atomic E-state index is 13.8. The summed E-state index contributed by atoms with van der Waals surface area (Å²) < 4.78 is 24.8. The van der Waals surface area contributed by atoms with Crippen molar-refractivity contribution < 1.29 is 18.1 Å². The molecule has 0 N–H and O–H groups in total. The number of amides is 1. The number of aryl methyl sites for hydroxylation is 2. The highest BCUT2D eigenvalue weighted by atomic mass is 19.1. The van der Waals surface area contributed by atoms with E-state index >= 15 is 0 Å². The maximum absolute atomic E-state index is 13.8. The summed E-state index contributed by atoms with van der Waals surface area (Å²) in [7, 11) is 0. The first-order chi connectivity index (χ1) is 14.0. The van der Waals surface area contributed by atoms with Gasteiger partial charge in [0.2, 0.25) is 0 Å². The van der Waals surface area contributed by atoms with Crippen LogP contribution in [0.4, 0.5) is 4.39 Å². The molecule has 0 bridgehead atoms. The average molecular weight is 397 g/mol. The second-order valence-corrected chi connectivity index (χ2v) is 7.41. The number of hydrogen-bond acceptors (Lipinski definition) is 5. The zero-order valence-electron chi connectivity index (χ0n) is 16.7. The van der Waals surface area contributed by atoms with Gasteiger partial charge in [-0.3, -0.25) is 9.69 Å². The summed E-state index contributed by atoms with van der Waals surface area (Å²) >= 11 is 0. The van der Waals surface area contributed by atoms with Gasteiger partial charge in [-0.25, -0.2) is 4.39 Å². The van der Waals surface area contributed by atoms with Crippen molar-refractivity contribution in [3.8, 4) is 0 Å². The predicted molar refractivity (Wildman–Crippen MR) is 105 cm³/mol. The first-order valence-electron chi connectivity index (χ1n) is 9.77. The number of rotatable bonds is 5. The van der Waals surface area contributed by atoms with Crippen LogP contribution in [0.15, 0.2) is 45.3 Å². The number of halogens is 1. The Balaban J connectivity index is 1.34. The zero-order chi connectivity index (χ0) is 20.4. The lowest BCUT2D eigenvalue weighted by molar-refractivity contribution is 0.0595. The van der Waals surface area contributed by atoms with Crippen molar-refractivity contribution in [2.45, 2.75) is 26.8 Å². The zero-order valence-corrected chi connectivity index (χ0v) is 16.7. The molecule has 0 unspecified atom stereocenters. The van der Waals surface area contributed by atoms with E-state index in [9.17, 15) is 9.18 Å². The fourth-order valence-corrected chi connectivity index (χ4v) is 3.65. The van der Waals surface area contributed by atoms with Gasteiger partial charge in [0.25, 0.3) is 5.91 Å². The monoisotopic (exact) mass is 397 g/mol. The minimum atomic E-state index is -0.188. The fraction of sp³-hybridized carbons (Fsp3) is 0.364. The van der Waals surface area contributed by atoms with Crippen LogP contribution in [0.1, 0.15) is 38.9 Å². The molecular formula is C22H24FN3O3. The van der Waals surface area contributed by atoms with Crippen molar-refractivity contribution in [2.75, 3.05) is 26.2 Å². The Kier molecular flexibility index (Phi) is 5.49. The van der Waals surface area contributed by atoms with Crippen molar-refractivity contribution in [3.05, 3.63) is 76.3 Å². The number of carbonyl (C=O) groups excluding carboxylic acids is 1. The number of furan rings is 1. The quantitative estimate of drug-likeness (QED) is 0.659. The van der Waals surface area contributed by atoms with E-state index in [-0.39, 0.29) is 11.7 Å². The molecule has 6 nitrogen and oxygen atoms in total. The summed E-state index contributed by atoms with van der Waals surface area (Å²) in [4.78, 5) is 16.7. The van der Waals surface area contributed by atoms with Gasteiger partial charge in [0.1, 0.15) is 17.3 Å². The molecule has 7 heteroatoms. The van der Waals surface area contributed by atoms with Crippen LogP contribution < -0.4 is 0 Å². The van der Waals surface area contributed by atoms with Crippen LogP contribution in [0.5, 0.6) is 0 Å². The van der Waals surface area contributed by atoms with E-state index in [2.05, 4.69) is 10.1 Å². The van der Waals surface area contributed by atoms with Gasteiger partial charge in [0, 0.05) is 50.3 Å². The highest BCUT2D eigenvalue weighted by Crippen LogP contribution is 2.20. The van der Waals surface area contributed by atoms with Gasteiger partial charge in [-0.2, -0.15) is 0 Å². The number of nitrogens with zero attached hydrogens (tertiary/aromatic N) is 3. The third kappa shape index (κ3) is 4.24. The molecule has 3 heterocycles. The Labute approximate surface area is 168 Å². The number of carbonyl (C=O) groups is 1. The average Bonchev–Trinajstić information content (AvgIpc) is 3.32. The van der Waals surface area contributed by atoms with Crippen molar-refractivity contribution in [2.24, 2.45) is 0 Å². The molecule has 1 saturated heterocycles.